The van der Waals surface area contributed by atoms with Gasteiger partial charge >= 0.3 is 12.0 Å². The van der Waals surface area contributed by atoms with Gasteiger partial charge in [0.05, 0.1) is 17.9 Å². The van der Waals surface area contributed by atoms with Gasteiger partial charge in [0.25, 0.3) is 0 Å². The van der Waals surface area contributed by atoms with Gasteiger partial charge in [0, 0.05) is 26.2 Å². The minimum absolute atomic E-state index is 0.183. The number of rotatable bonds is 7. The molecule has 0 saturated heterocycles. The van der Waals surface area contributed by atoms with E-state index in [1.165, 1.54) is 4.90 Å². The quantitative estimate of drug-likeness (QED) is 0.761. The fourth-order valence-corrected chi connectivity index (χ4v) is 1.66. The normalized spacial score (nSPS) is 13.2. The first-order chi connectivity index (χ1) is 8.87. The maximum atomic E-state index is 12.3. The summed E-state index contributed by atoms with van der Waals surface area (Å²) in [5.74, 6) is -1.75. The van der Waals surface area contributed by atoms with E-state index in [4.69, 9.17) is 10.4 Å². The van der Waals surface area contributed by atoms with E-state index >= 15 is 0 Å². The molecule has 0 aromatic carbocycles. The van der Waals surface area contributed by atoms with Crippen LogP contribution in [0.1, 0.15) is 27.7 Å². The molecule has 0 aromatic rings. The van der Waals surface area contributed by atoms with Crippen molar-refractivity contribution in [3.8, 4) is 6.07 Å². The van der Waals surface area contributed by atoms with Crippen molar-refractivity contribution < 1.29 is 14.7 Å². The van der Waals surface area contributed by atoms with Gasteiger partial charge in [0.15, 0.2) is 0 Å². The molecule has 0 fully saturated rings. The van der Waals surface area contributed by atoms with Gasteiger partial charge in [-0.15, -0.1) is 0 Å². The lowest BCUT2D eigenvalue weighted by atomic mass is 10.1. The highest BCUT2D eigenvalue weighted by molar-refractivity contribution is 5.76. The van der Waals surface area contributed by atoms with E-state index in [9.17, 15) is 9.59 Å². The molecule has 6 heteroatoms. The van der Waals surface area contributed by atoms with Crippen LogP contribution in [0.3, 0.4) is 0 Å². The third-order valence-corrected chi connectivity index (χ3v) is 2.93. The van der Waals surface area contributed by atoms with E-state index in [0.717, 1.165) is 0 Å². The van der Waals surface area contributed by atoms with E-state index in [1.807, 2.05) is 13.8 Å². The number of urea groups is 1. The standard InChI is InChI=1S/C13H23N3O3/c1-5-15(8-10(3)7-14)13(19)16(6-2)9-11(4)12(17)18/h10-11H,5-6,8-9H2,1-4H3,(H,17,18). The largest absolute Gasteiger partial charge is 0.481 e. The predicted octanol–water partition coefficient (Wildman–Crippen LogP) is 1.63. The molecule has 0 aliphatic rings. The smallest absolute Gasteiger partial charge is 0.320 e. The second kappa shape index (κ2) is 8.35. The van der Waals surface area contributed by atoms with Crippen molar-refractivity contribution >= 4 is 12.0 Å². The molecule has 19 heavy (non-hydrogen) atoms. The van der Waals surface area contributed by atoms with E-state index in [-0.39, 0.29) is 18.5 Å². The summed E-state index contributed by atoms with van der Waals surface area (Å²) in [5.41, 5.74) is 0. The molecular formula is C13H23N3O3. The number of aliphatic carboxylic acids is 1. The lowest BCUT2D eigenvalue weighted by Gasteiger charge is -2.30. The van der Waals surface area contributed by atoms with Crippen LogP contribution < -0.4 is 0 Å². The fourth-order valence-electron chi connectivity index (χ4n) is 1.66. The molecule has 0 aliphatic carbocycles. The Kier molecular flexibility index (Phi) is 7.57. The average molecular weight is 269 g/mol. The molecule has 0 saturated carbocycles. The van der Waals surface area contributed by atoms with Crippen molar-refractivity contribution in [3.63, 3.8) is 0 Å². The third kappa shape index (κ3) is 5.60. The summed E-state index contributed by atoms with van der Waals surface area (Å²) in [4.78, 5) is 26.2. The highest BCUT2D eigenvalue weighted by Crippen LogP contribution is 2.07. The zero-order chi connectivity index (χ0) is 15.0. The Morgan fingerprint density at radius 2 is 1.63 bits per heavy atom. The van der Waals surface area contributed by atoms with E-state index in [0.29, 0.717) is 19.6 Å². The summed E-state index contributed by atoms with van der Waals surface area (Å²) in [6, 6.07) is 1.89. The van der Waals surface area contributed by atoms with Crippen LogP contribution in [0.25, 0.3) is 0 Å². The summed E-state index contributed by atoms with van der Waals surface area (Å²) < 4.78 is 0. The van der Waals surface area contributed by atoms with Crippen molar-refractivity contribution in [1.82, 2.24) is 9.80 Å². The van der Waals surface area contributed by atoms with Gasteiger partial charge in [-0.2, -0.15) is 5.26 Å². The minimum Gasteiger partial charge on any atom is -0.481 e. The van der Waals surface area contributed by atoms with Crippen LogP contribution in [0.2, 0.25) is 0 Å². The van der Waals surface area contributed by atoms with Crippen molar-refractivity contribution in [1.29, 1.82) is 5.26 Å². The Morgan fingerprint density at radius 1 is 1.16 bits per heavy atom. The summed E-state index contributed by atoms with van der Waals surface area (Å²) in [7, 11) is 0. The molecule has 0 heterocycles. The first-order valence-corrected chi connectivity index (χ1v) is 6.53. The van der Waals surface area contributed by atoms with Crippen LogP contribution in [0.15, 0.2) is 0 Å². The molecule has 0 spiro atoms. The number of hydrogen-bond donors (Lipinski definition) is 1. The van der Waals surface area contributed by atoms with Gasteiger partial charge in [-0.25, -0.2) is 4.79 Å². The molecule has 108 valence electrons. The minimum atomic E-state index is -0.917. The van der Waals surface area contributed by atoms with Crippen molar-refractivity contribution in [2.75, 3.05) is 26.2 Å². The molecule has 0 radical (unpaired) electrons. The molecule has 0 aromatic heterocycles. The van der Waals surface area contributed by atoms with Gasteiger partial charge in [-0.05, 0) is 20.8 Å². The van der Waals surface area contributed by atoms with Crippen LogP contribution in [0.5, 0.6) is 0 Å². The number of amides is 2. The maximum absolute atomic E-state index is 12.3. The Balaban J connectivity index is 4.71. The highest BCUT2D eigenvalue weighted by atomic mass is 16.4. The maximum Gasteiger partial charge on any atom is 0.320 e. The zero-order valence-corrected chi connectivity index (χ0v) is 12.1. The molecule has 6 nitrogen and oxygen atoms in total. The Bertz CT molecular complexity index is 352. The molecule has 2 unspecified atom stereocenters. The second-order valence-corrected chi connectivity index (χ2v) is 4.63. The monoisotopic (exact) mass is 269 g/mol. The van der Waals surface area contributed by atoms with E-state index < -0.39 is 11.9 Å². The van der Waals surface area contributed by atoms with Gasteiger partial charge in [0.2, 0.25) is 0 Å². The van der Waals surface area contributed by atoms with Gasteiger partial charge in [-0.1, -0.05) is 6.92 Å². The average Bonchev–Trinajstić information content (AvgIpc) is 2.40. The van der Waals surface area contributed by atoms with Crippen LogP contribution in [0, 0.1) is 23.2 Å². The molecule has 0 bridgehead atoms. The number of hydrogen-bond acceptors (Lipinski definition) is 3. The predicted molar refractivity (Wildman–Crippen MR) is 71.5 cm³/mol. The van der Waals surface area contributed by atoms with Crippen molar-refractivity contribution in [2.45, 2.75) is 27.7 Å². The third-order valence-electron chi connectivity index (χ3n) is 2.93. The molecule has 2 amide bonds. The number of nitriles is 1. The molecule has 0 rings (SSSR count). The van der Waals surface area contributed by atoms with Crippen LogP contribution in [-0.2, 0) is 4.79 Å². The van der Waals surface area contributed by atoms with Crippen LogP contribution in [0.4, 0.5) is 4.79 Å². The van der Waals surface area contributed by atoms with E-state index in [1.54, 1.807) is 18.7 Å². The summed E-state index contributed by atoms with van der Waals surface area (Å²) in [6.07, 6.45) is 0. The lowest BCUT2D eigenvalue weighted by molar-refractivity contribution is -0.141. The number of carbonyl (C=O) groups is 2. The first kappa shape index (κ1) is 17.2. The Labute approximate surface area is 114 Å². The van der Waals surface area contributed by atoms with Gasteiger partial charge in [0.1, 0.15) is 0 Å². The first-order valence-electron chi connectivity index (χ1n) is 6.53. The van der Waals surface area contributed by atoms with Crippen molar-refractivity contribution in [2.24, 2.45) is 11.8 Å². The SMILES string of the molecule is CCN(CC(C)C#N)C(=O)N(CC)CC(C)C(=O)O. The molecule has 1 N–H and O–H groups in total. The Hall–Kier alpha value is -1.77. The zero-order valence-electron chi connectivity index (χ0n) is 12.1. The number of carbonyl (C=O) groups excluding carboxylic acids is 1. The van der Waals surface area contributed by atoms with Crippen LogP contribution >= 0.6 is 0 Å². The van der Waals surface area contributed by atoms with Crippen molar-refractivity contribution in [3.05, 3.63) is 0 Å². The van der Waals surface area contributed by atoms with Crippen LogP contribution in [-0.4, -0.2) is 53.1 Å². The summed E-state index contributed by atoms with van der Waals surface area (Å²) in [6.45, 7) is 8.49. The van der Waals surface area contributed by atoms with Gasteiger partial charge in [-0.3, -0.25) is 4.79 Å². The molecule has 2 atom stereocenters. The topological polar surface area (TPSA) is 84.6 Å². The summed E-state index contributed by atoms with van der Waals surface area (Å²) >= 11 is 0. The molecule has 0 aliphatic heterocycles. The number of nitrogens with zero attached hydrogens (tertiary/aromatic N) is 3. The number of carboxylic acid groups (broad SMARTS) is 1. The summed E-state index contributed by atoms with van der Waals surface area (Å²) in [5, 5.41) is 17.7. The second-order valence-electron chi connectivity index (χ2n) is 4.63. The highest BCUT2D eigenvalue weighted by Gasteiger charge is 2.23. The number of carboxylic acids is 1. The lowest BCUT2D eigenvalue weighted by Crippen LogP contribution is -2.46. The van der Waals surface area contributed by atoms with Gasteiger partial charge < -0.3 is 14.9 Å². The Morgan fingerprint density at radius 3 is 2.00 bits per heavy atom. The fraction of sp³-hybridized carbons (Fsp3) is 0.769. The molecular weight excluding hydrogens is 246 g/mol. The van der Waals surface area contributed by atoms with E-state index in [2.05, 4.69) is 6.07 Å².